The third-order valence-corrected chi connectivity index (χ3v) is 5.25. The number of rotatable bonds is 3. The number of anilines is 1. The van der Waals surface area contributed by atoms with Gasteiger partial charge in [0, 0.05) is 30.6 Å². The Kier molecular flexibility index (Phi) is 5.23. The van der Waals surface area contributed by atoms with Crippen molar-refractivity contribution in [1.29, 1.82) is 0 Å². The highest BCUT2D eigenvalue weighted by molar-refractivity contribution is 6.17. The van der Waals surface area contributed by atoms with E-state index in [0.29, 0.717) is 47.1 Å². The van der Waals surface area contributed by atoms with Crippen LogP contribution in [0.15, 0.2) is 24.4 Å². The predicted molar refractivity (Wildman–Crippen MR) is 117 cm³/mol. The van der Waals surface area contributed by atoms with Crippen molar-refractivity contribution in [3.63, 3.8) is 0 Å². The Morgan fingerprint density at radius 1 is 1.22 bits per heavy atom. The van der Waals surface area contributed by atoms with Gasteiger partial charge in [-0.1, -0.05) is 0 Å². The van der Waals surface area contributed by atoms with Crippen molar-refractivity contribution in [2.75, 3.05) is 25.1 Å². The summed E-state index contributed by atoms with van der Waals surface area (Å²) in [6.45, 7) is 6.26. The molecule has 0 bridgehead atoms. The first kappa shape index (κ1) is 21.5. The first-order chi connectivity index (χ1) is 15.1. The van der Waals surface area contributed by atoms with Gasteiger partial charge in [-0.25, -0.2) is 19.1 Å². The third kappa shape index (κ3) is 3.83. The highest BCUT2D eigenvalue weighted by Gasteiger charge is 2.31. The van der Waals surface area contributed by atoms with Crippen LogP contribution in [-0.4, -0.2) is 63.9 Å². The summed E-state index contributed by atoms with van der Waals surface area (Å²) < 4.78 is 17.0. The summed E-state index contributed by atoms with van der Waals surface area (Å²) in [6, 6.07) is 4.58. The number of carbonyl (C=O) groups excluding carboxylic acids is 1. The maximum Gasteiger partial charge on any atom is 0.509 e. The molecule has 170 valence electrons. The number of methoxy groups -OCH3 is 1. The second-order valence-electron chi connectivity index (χ2n) is 8.63. The predicted octanol–water partition coefficient (Wildman–Crippen LogP) is 3.96. The minimum atomic E-state index is -1.18. The second-order valence-corrected chi connectivity index (χ2v) is 8.63. The van der Waals surface area contributed by atoms with Crippen molar-refractivity contribution in [2.45, 2.75) is 38.9 Å². The van der Waals surface area contributed by atoms with Crippen LogP contribution in [0.5, 0.6) is 11.5 Å². The van der Waals surface area contributed by atoms with E-state index in [1.54, 1.807) is 32.9 Å². The largest absolute Gasteiger partial charge is 0.509 e. The molecule has 1 aromatic carbocycles. The van der Waals surface area contributed by atoms with Crippen molar-refractivity contribution in [1.82, 2.24) is 9.55 Å². The van der Waals surface area contributed by atoms with Crippen LogP contribution < -0.4 is 9.64 Å². The SMILES string of the molecule is COc1cc2c3c(N4CC[C@H](OC(=O)OC(C)(C)C)C4)nccc3n(C(=O)O)c2cc1O. The van der Waals surface area contributed by atoms with Gasteiger partial charge in [-0.3, -0.25) is 0 Å². The minimum Gasteiger partial charge on any atom is -0.504 e. The Morgan fingerprint density at radius 3 is 2.62 bits per heavy atom. The van der Waals surface area contributed by atoms with Gasteiger partial charge in [-0.2, -0.15) is 0 Å². The van der Waals surface area contributed by atoms with Gasteiger partial charge in [0.05, 0.1) is 30.1 Å². The van der Waals surface area contributed by atoms with Crippen LogP contribution in [0, 0.1) is 0 Å². The first-order valence-electron chi connectivity index (χ1n) is 10.2. The Morgan fingerprint density at radius 2 is 1.97 bits per heavy atom. The van der Waals surface area contributed by atoms with E-state index in [2.05, 4.69) is 4.98 Å². The molecule has 10 heteroatoms. The number of carboxylic acid groups (broad SMARTS) is 1. The van der Waals surface area contributed by atoms with Gasteiger partial charge in [0.15, 0.2) is 11.5 Å². The summed E-state index contributed by atoms with van der Waals surface area (Å²) in [5.74, 6) is 0.631. The average molecular weight is 443 g/mol. The van der Waals surface area contributed by atoms with Crippen LogP contribution in [0.2, 0.25) is 0 Å². The molecular weight excluding hydrogens is 418 g/mol. The molecule has 1 saturated heterocycles. The highest BCUT2D eigenvalue weighted by Crippen LogP contribution is 2.40. The molecule has 2 aromatic heterocycles. The van der Waals surface area contributed by atoms with Gasteiger partial charge in [-0.05, 0) is 32.9 Å². The quantitative estimate of drug-likeness (QED) is 0.579. The van der Waals surface area contributed by atoms with Gasteiger partial charge in [0.2, 0.25) is 0 Å². The number of phenols is 1. The summed E-state index contributed by atoms with van der Waals surface area (Å²) in [6.07, 6.45) is -0.167. The van der Waals surface area contributed by atoms with Crippen LogP contribution in [-0.2, 0) is 9.47 Å². The van der Waals surface area contributed by atoms with Crippen molar-refractivity contribution >= 4 is 39.9 Å². The zero-order chi connectivity index (χ0) is 23.2. The van der Waals surface area contributed by atoms with Crippen molar-refractivity contribution in [3.05, 3.63) is 24.4 Å². The number of phenolic OH excluding ortho intramolecular Hbond substituents is 1. The lowest BCUT2D eigenvalue weighted by Crippen LogP contribution is -2.29. The normalized spacial score (nSPS) is 16.5. The summed E-state index contributed by atoms with van der Waals surface area (Å²) in [4.78, 5) is 30.5. The van der Waals surface area contributed by atoms with E-state index in [1.165, 1.54) is 19.4 Å². The molecule has 0 amide bonds. The Hall–Kier alpha value is -3.69. The fraction of sp³-hybridized carbons (Fsp3) is 0.409. The Bertz CT molecular complexity index is 1210. The lowest BCUT2D eigenvalue weighted by molar-refractivity contribution is -0.0226. The number of pyridine rings is 1. The van der Waals surface area contributed by atoms with Crippen LogP contribution in [0.25, 0.3) is 21.8 Å². The number of aromatic nitrogens is 2. The first-order valence-corrected chi connectivity index (χ1v) is 10.2. The number of aromatic hydroxyl groups is 1. The van der Waals surface area contributed by atoms with E-state index in [9.17, 15) is 19.8 Å². The van der Waals surface area contributed by atoms with Crippen LogP contribution in [0.3, 0.4) is 0 Å². The molecular formula is C22H25N3O7. The maximum atomic E-state index is 12.0. The standard InChI is InChI=1S/C22H25N3O7/c1-22(2,3)32-21(29)31-12-6-8-24(11-12)19-18-13-9-17(30-4)16(26)10-15(13)25(20(27)28)14(18)5-7-23-19/h5,7,9-10,12,26H,6,8,11H2,1-4H3,(H,27,28)/t12-/m0/s1. The fourth-order valence-electron chi connectivity index (χ4n) is 3.99. The molecule has 0 spiro atoms. The van der Waals surface area contributed by atoms with Crippen LogP contribution in [0.1, 0.15) is 27.2 Å². The smallest absolute Gasteiger partial charge is 0.504 e. The van der Waals surface area contributed by atoms with E-state index in [0.717, 1.165) is 4.57 Å². The van der Waals surface area contributed by atoms with Gasteiger partial charge < -0.3 is 29.3 Å². The van der Waals surface area contributed by atoms with E-state index in [4.69, 9.17) is 14.2 Å². The lowest BCUT2D eigenvalue weighted by Gasteiger charge is -2.21. The van der Waals surface area contributed by atoms with Crippen molar-refractivity contribution in [3.8, 4) is 11.5 Å². The zero-order valence-corrected chi connectivity index (χ0v) is 18.3. The monoisotopic (exact) mass is 443 g/mol. The summed E-state index contributed by atoms with van der Waals surface area (Å²) >= 11 is 0. The molecule has 0 radical (unpaired) electrons. The van der Waals surface area contributed by atoms with E-state index in [1.807, 2.05) is 4.90 Å². The molecule has 3 aromatic rings. The van der Waals surface area contributed by atoms with Crippen LogP contribution in [0.4, 0.5) is 15.4 Å². The second kappa shape index (κ2) is 7.77. The van der Waals surface area contributed by atoms with Gasteiger partial charge in [0.1, 0.15) is 17.5 Å². The lowest BCUT2D eigenvalue weighted by atomic mass is 10.1. The topological polar surface area (TPSA) is 123 Å². The molecule has 1 atom stereocenters. The molecule has 0 unspecified atom stereocenters. The third-order valence-electron chi connectivity index (χ3n) is 5.25. The molecule has 2 N–H and O–H groups in total. The number of benzene rings is 1. The van der Waals surface area contributed by atoms with E-state index < -0.39 is 17.8 Å². The average Bonchev–Trinajstić information content (AvgIpc) is 3.27. The number of ether oxygens (including phenoxy) is 3. The van der Waals surface area contributed by atoms with Crippen molar-refractivity contribution in [2.24, 2.45) is 0 Å². The highest BCUT2D eigenvalue weighted by atomic mass is 16.7. The zero-order valence-electron chi connectivity index (χ0n) is 18.3. The van der Waals surface area contributed by atoms with Crippen LogP contribution >= 0.6 is 0 Å². The summed E-state index contributed by atoms with van der Waals surface area (Å²) in [5.41, 5.74) is 0.105. The molecule has 10 nitrogen and oxygen atoms in total. The molecule has 1 aliphatic rings. The number of nitrogens with zero attached hydrogens (tertiary/aromatic N) is 3. The molecule has 32 heavy (non-hydrogen) atoms. The summed E-state index contributed by atoms with van der Waals surface area (Å²) in [7, 11) is 1.43. The van der Waals surface area contributed by atoms with Crippen molar-refractivity contribution < 1.29 is 34.0 Å². The number of hydrogen-bond donors (Lipinski definition) is 2. The summed E-state index contributed by atoms with van der Waals surface area (Å²) in [5, 5.41) is 21.2. The van der Waals surface area contributed by atoms with Gasteiger partial charge in [0.25, 0.3) is 0 Å². The molecule has 3 heterocycles. The number of fused-ring (bicyclic) bond motifs is 3. The molecule has 1 fully saturated rings. The van der Waals surface area contributed by atoms with E-state index in [-0.39, 0.29) is 17.6 Å². The molecule has 1 aliphatic heterocycles. The number of carbonyl (C=O) groups is 2. The molecule has 0 saturated carbocycles. The number of hydrogen-bond acceptors (Lipinski definition) is 8. The molecule has 0 aliphatic carbocycles. The van der Waals surface area contributed by atoms with E-state index >= 15 is 0 Å². The minimum absolute atomic E-state index is 0.160. The Labute approximate surface area is 183 Å². The Balaban J connectivity index is 1.74. The van der Waals surface area contributed by atoms with Gasteiger partial charge in [-0.15, -0.1) is 0 Å². The van der Waals surface area contributed by atoms with Gasteiger partial charge >= 0.3 is 12.2 Å². The maximum absolute atomic E-state index is 12.0. The fourth-order valence-corrected chi connectivity index (χ4v) is 3.99. The molecule has 4 rings (SSSR count).